The van der Waals surface area contributed by atoms with E-state index in [1.807, 2.05) is 20.8 Å². The van der Waals surface area contributed by atoms with Crippen molar-refractivity contribution in [3.8, 4) is 0 Å². The van der Waals surface area contributed by atoms with E-state index in [0.717, 1.165) is 5.57 Å². The molecule has 0 bridgehead atoms. The van der Waals surface area contributed by atoms with Crippen LogP contribution in [0.15, 0.2) is 23.3 Å². The van der Waals surface area contributed by atoms with Crippen molar-refractivity contribution in [1.82, 2.24) is 0 Å². The highest BCUT2D eigenvalue weighted by Crippen LogP contribution is 2.76. The smallest absolute Gasteiger partial charge is 0.333 e. The molecular weight excluding hydrogens is 905 g/mol. The van der Waals surface area contributed by atoms with Gasteiger partial charge in [0.05, 0.1) is 31.3 Å². The average molecular weight is 981 g/mol. The molecule has 7 aliphatic rings. The largest absolute Gasteiger partial charge is 0.462 e. The van der Waals surface area contributed by atoms with Gasteiger partial charge in [-0.1, -0.05) is 59.3 Å². The Hall–Kier alpha value is -3.08. The van der Waals surface area contributed by atoms with Crippen LogP contribution in [-0.2, 0) is 57.1 Å². The van der Waals surface area contributed by atoms with Crippen LogP contribution in [0.4, 0.5) is 0 Å². The molecule has 69 heavy (non-hydrogen) atoms. The second-order valence-electron chi connectivity index (χ2n) is 22.7. The maximum atomic E-state index is 13.8. The van der Waals surface area contributed by atoms with Crippen LogP contribution in [-0.4, -0.2) is 160 Å². The molecule has 19 heteroatoms. The lowest BCUT2D eigenvalue weighted by Crippen LogP contribution is -2.73. The van der Waals surface area contributed by atoms with Crippen molar-refractivity contribution in [2.24, 2.45) is 50.2 Å². The number of esters is 3. The van der Waals surface area contributed by atoms with Crippen LogP contribution in [0, 0.1) is 50.2 Å². The maximum absolute atomic E-state index is 13.8. The van der Waals surface area contributed by atoms with Gasteiger partial charge >= 0.3 is 17.9 Å². The van der Waals surface area contributed by atoms with Gasteiger partial charge in [0, 0.05) is 30.3 Å². The zero-order valence-electron chi connectivity index (χ0n) is 41.6. The predicted molar refractivity (Wildman–Crippen MR) is 239 cm³/mol. The third-order valence-electron chi connectivity index (χ3n) is 18.7. The molecule has 0 aromatic heterocycles. The van der Waals surface area contributed by atoms with Gasteiger partial charge in [0.2, 0.25) is 6.29 Å². The molecule has 2 saturated heterocycles. The molecular formula is C50H76O19. The fraction of sp³-hybridized carbons (Fsp3) is 0.840. The summed E-state index contributed by atoms with van der Waals surface area (Å²) in [6.45, 7) is 17.4. The number of aliphatic hydroxyl groups is 7. The van der Waals surface area contributed by atoms with E-state index < -0.39 is 149 Å². The zero-order valence-corrected chi connectivity index (χ0v) is 41.6. The molecule has 0 aromatic carbocycles. The number of carbonyl (C=O) groups excluding carboxylic acids is 4. The summed E-state index contributed by atoms with van der Waals surface area (Å²) >= 11 is 0. The normalized spacial score (nSPS) is 48.2. The number of ether oxygens (including phenoxy) is 8. The van der Waals surface area contributed by atoms with Crippen LogP contribution < -0.4 is 0 Å². The van der Waals surface area contributed by atoms with Crippen molar-refractivity contribution in [2.45, 2.75) is 194 Å². The molecule has 0 spiro atoms. The molecule has 12 unspecified atom stereocenters. The van der Waals surface area contributed by atoms with E-state index in [9.17, 15) is 54.9 Å². The first-order valence-corrected chi connectivity index (χ1v) is 24.4. The highest BCUT2D eigenvalue weighted by molar-refractivity contribution is 5.88. The Balaban J connectivity index is 1.23. The number of hydrogen-bond acceptors (Lipinski definition) is 19. The van der Waals surface area contributed by atoms with Gasteiger partial charge in [0.1, 0.15) is 48.8 Å². The summed E-state index contributed by atoms with van der Waals surface area (Å²) in [5.41, 5.74) is -3.22. The number of hydrogen-bond donors (Lipinski definition) is 7. The second kappa shape index (κ2) is 19.4. The standard InChI is InChI=1S/C50H76O19/c1-11-24(2)41(61)68-40-39(65-26(4)55)45(5,6)18-28-27-12-13-31-46(7)16-15-32(66-44-37(60)38(36(59)43(69-44)63-23-53)67-42-35(58)34(57)29(56)20-62-42)47(8,21-51)30(46)14-17-48(31,9)49(27,10)19-33(64-25(3)54)50(28,40)22-52/h11-12,23,28-40,42-44,51-52,56-60H,13-22H2,1-10H3/b24-11-/t28-,29?,30?,31?,32?,33+,34?,35?,36?,37?,38?,39-,40-,42?,43?,44?,46-,47-,48+,49+,50-/m0/s1. The summed E-state index contributed by atoms with van der Waals surface area (Å²) in [7, 11) is 0. The molecule has 0 aromatic rings. The summed E-state index contributed by atoms with van der Waals surface area (Å²) < 4.78 is 47.4. The van der Waals surface area contributed by atoms with Crippen molar-refractivity contribution >= 4 is 24.4 Å². The minimum atomic E-state index is -1.80. The molecule has 7 rings (SSSR count). The lowest BCUT2D eigenvalue weighted by atomic mass is 9.33. The number of rotatable bonds is 12. The van der Waals surface area contributed by atoms with E-state index in [2.05, 4.69) is 26.8 Å². The number of aliphatic hydroxyl groups excluding tert-OH is 7. The third kappa shape index (κ3) is 8.60. The van der Waals surface area contributed by atoms with Gasteiger partial charge in [-0.05, 0) is 92.8 Å². The molecule has 6 fully saturated rings. The van der Waals surface area contributed by atoms with Crippen LogP contribution in [0.2, 0.25) is 0 Å². The minimum Gasteiger partial charge on any atom is -0.462 e. The molecule has 5 aliphatic carbocycles. The third-order valence-corrected chi connectivity index (χ3v) is 18.7. The number of allylic oxidation sites excluding steroid dienone is 3. The van der Waals surface area contributed by atoms with Crippen LogP contribution in [0.3, 0.4) is 0 Å². The van der Waals surface area contributed by atoms with Gasteiger partial charge in [0.15, 0.2) is 18.7 Å². The highest BCUT2D eigenvalue weighted by atomic mass is 16.8. The lowest BCUT2D eigenvalue weighted by Gasteiger charge is -2.72. The molecule has 390 valence electrons. The van der Waals surface area contributed by atoms with Crippen molar-refractivity contribution in [1.29, 1.82) is 0 Å². The summed E-state index contributed by atoms with van der Waals surface area (Å²) in [6.07, 6.45) is -11.3. The average Bonchev–Trinajstić information content (AvgIpc) is 3.28. The van der Waals surface area contributed by atoms with E-state index in [1.165, 1.54) is 13.8 Å². The SMILES string of the molecule is C/C=C(/C)C(=O)O[C@H]1[C@H](OC(C)=O)C(C)(C)C[C@H]2C3=CCC4[C@@]5(C)CCC(OC6OC(OC=O)C(O)C(OC7OCC(O)C(O)C7O)C6O)[C@@](C)(CO)C5CC[C@@]4(C)[C@]3(C)C[C@@H](OC(C)=O)[C@]21CO. The van der Waals surface area contributed by atoms with E-state index in [1.54, 1.807) is 19.9 Å². The molecule has 7 N–H and O–H groups in total. The van der Waals surface area contributed by atoms with Crippen LogP contribution in [0.1, 0.15) is 114 Å². The molecule has 19 nitrogen and oxygen atoms in total. The Kier molecular flexibility index (Phi) is 15.1. The van der Waals surface area contributed by atoms with Gasteiger partial charge in [-0.25, -0.2) is 4.79 Å². The molecule has 0 amide bonds. The van der Waals surface area contributed by atoms with Crippen molar-refractivity contribution in [3.63, 3.8) is 0 Å². The zero-order chi connectivity index (χ0) is 51.0. The summed E-state index contributed by atoms with van der Waals surface area (Å²) in [4.78, 5) is 51.3. The molecule has 4 saturated carbocycles. The van der Waals surface area contributed by atoms with E-state index >= 15 is 0 Å². The number of carbonyl (C=O) groups is 4. The topological polar surface area (TPSA) is 284 Å². The first-order valence-electron chi connectivity index (χ1n) is 24.4. The van der Waals surface area contributed by atoms with E-state index in [-0.39, 0.29) is 31.3 Å². The fourth-order valence-corrected chi connectivity index (χ4v) is 14.8. The van der Waals surface area contributed by atoms with Crippen LogP contribution in [0.25, 0.3) is 0 Å². The lowest BCUT2D eigenvalue weighted by molar-refractivity contribution is -0.384. The fourth-order valence-electron chi connectivity index (χ4n) is 14.8. The summed E-state index contributed by atoms with van der Waals surface area (Å²) in [6, 6.07) is 0. The Labute approximate surface area is 403 Å². The van der Waals surface area contributed by atoms with Gasteiger partial charge in [-0.2, -0.15) is 0 Å². The molecule has 21 atom stereocenters. The second-order valence-corrected chi connectivity index (χ2v) is 22.7. The van der Waals surface area contributed by atoms with Gasteiger partial charge in [-0.3, -0.25) is 14.4 Å². The van der Waals surface area contributed by atoms with Crippen LogP contribution >= 0.6 is 0 Å². The molecule has 0 radical (unpaired) electrons. The Morgan fingerprint density at radius 3 is 2.03 bits per heavy atom. The molecule has 2 heterocycles. The molecule has 2 aliphatic heterocycles. The van der Waals surface area contributed by atoms with Crippen molar-refractivity contribution in [3.05, 3.63) is 23.3 Å². The first kappa shape index (κ1) is 53.7. The first-order chi connectivity index (χ1) is 32.3. The quantitative estimate of drug-likeness (QED) is 0.0368. The van der Waals surface area contributed by atoms with E-state index in [4.69, 9.17) is 37.9 Å². The van der Waals surface area contributed by atoms with Crippen molar-refractivity contribution < 1.29 is 92.8 Å². The summed E-state index contributed by atoms with van der Waals surface area (Å²) in [5, 5.41) is 77.0. The van der Waals surface area contributed by atoms with E-state index in [0.29, 0.717) is 44.1 Å². The van der Waals surface area contributed by atoms with Gasteiger partial charge in [0.25, 0.3) is 6.47 Å². The highest BCUT2D eigenvalue weighted by Gasteiger charge is 2.75. The Morgan fingerprint density at radius 1 is 0.754 bits per heavy atom. The Morgan fingerprint density at radius 2 is 1.42 bits per heavy atom. The van der Waals surface area contributed by atoms with Gasteiger partial charge < -0.3 is 73.6 Å². The Bertz CT molecular complexity index is 2010. The van der Waals surface area contributed by atoms with Crippen molar-refractivity contribution in [2.75, 3.05) is 19.8 Å². The monoisotopic (exact) mass is 980 g/mol. The van der Waals surface area contributed by atoms with Crippen LogP contribution in [0.5, 0.6) is 0 Å². The minimum absolute atomic E-state index is 0.00546. The van der Waals surface area contributed by atoms with Gasteiger partial charge in [-0.15, -0.1) is 0 Å². The maximum Gasteiger partial charge on any atom is 0.333 e. The summed E-state index contributed by atoms with van der Waals surface area (Å²) in [5.74, 6) is -2.42. The predicted octanol–water partition coefficient (Wildman–Crippen LogP) is 2.11. The number of fused-ring (bicyclic) bond motifs is 7.